The van der Waals surface area contributed by atoms with Gasteiger partial charge in [-0.3, -0.25) is 4.98 Å². The van der Waals surface area contributed by atoms with Gasteiger partial charge in [0.15, 0.2) is 0 Å². The highest BCUT2D eigenvalue weighted by Crippen LogP contribution is 2.36. The number of nitrogens with zero attached hydrogens (tertiary/aromatic N) is 2. The van der Waals surface area contributed by atoms with E-state index in [4.69, 9.17) is 9.47 Å². The summed E-state index contributed by atoms with van der Waals surface area (Å²) in [6.07, 6.45) is 7.19. The number of hydrogen-bond donors (Lipinski definition) is 0. The second kappa shape index (κ2) is 7.15. The second-order valence-corrected chi connectivity index (χ2v) is 5.59. The molecule has 0 spiro atoms. The fraction of sp³-hybridized carbons (Fsp3) is 0.111. The molecule has 0 aliphatic heterocycles. The molecule has 116 valence electrons. The van der Waals surface area contributed by atoms with Gasteiger partial charge in [0.25, 0.3) is 0 Å². The Labute approximate surface area is 139 Å². The van der Waals surface area contributed by atoms with Gasteiger partial charge in [-0.25, -0.2) is 4.98 Å². The lowest BCUT2D eigenvalue weighted by molar-refractivity contribution is 0.415. The molecular formula is C18H16N2O2S. The SMILES string of the molecule is COc1ccncc1-c1cccnc1Oc1ccc(SC)cc1. The average molecular weight is 324 g/mol. The summed E-state index contributed by atoms with van der Waals surface area (Å²) in [4.78, 5) is 9.72. The Kier molecular flexibility index (Phi) is 4.78. The number of rotatable bonds is 5. The molecule has 0 unspecified atom stereocenters. The monoisotopic (exact) mass is 324 g/mol. The van der Waals surface area contributed by atoms with E-state index in [1.54, 1.807) is 37.5 Å². The predicted octanol–water partition coefficient (Wildman–Crippen LogP) is 4.67. The Bertz CT molecular complexity index is 791. The molecule has 4 nitrogen and oxygen atoms in total. The van der Waals surface area contributed by atoms with Crippen LogP contribution in [0.2, 0.25) is 0 Å². The summed E-state index contributed by atoms with van der Waals surface area (Å²) < 4.78 is 11.4. The summed E-state index contributed by atoms with van der Waals surface area (Å²) in [6.45, 7) is 0. The molecule has 0 radical (unpaired) electrons. The lowest BCUT2D eigenvalue weighted by atomic mass is 10.1. The molecule has 0 saturated heterocycles. The van der Waals surface area contributed by atoms with Gasteiger partial charge in [0.2, 0.25) is 5.88 Å². The first-order valence-corrected chi connectivity index (χ1v) is 8.29. The highest BCUT2D eigenvalue weighted by molar-refractivity contribution is 7.98. The fourth-order valence-electron chi connectivity index (χ4n) is 2.19. The molecule has 0 fully saturated rings. The van der Waals surface area contributed by atoms with Crippen LogP contribution in [-0.4, -0.2) is 23.3 Å². The van der Waals surface area contributed by atoms with E-state index in [9.17, 15) is 0 Å². The first-order chi connectivity index (χ1) is 11.3. The Morgan fingerprint density at radius 1 is 0.957 bits per heavy atom. The van der Waals surface area contributed by atoms with Gasteiger partial charge < -0.3 is 9.47 Å². The number of benzene rings is 1. The van der Waals surface area contributed by atoms with Gasteiger partial charge in [0.1, 0.15) is 11.5 Å². The van der Waals surface area contributed by atoms with Crippen molar-refractivity contribution in [3.05, 3.63) is 61.1 Å². The van der Waals surface area contributed by atoms with Gasteiger partial charge in [0, 0.05) is 34.6 Å². The molecule has 0 aliphatic carbocycles. The molecule has 0 atom stereocenters. The lowest BCUT2D eigenvalue weighted by Gasteiger charge is -2.12. The van der Waals surface area contributed by atoms with Crippen molar-refractivity contribution in [3.63, 3.8) is 0 Å². The molecular weight excluding hydrogens is 308 g/mol. The van der Waals surface area contributed by atoms with Crippen molar-refractivity contribution in [2.45, 2.75) is 4.90 Å². The van der Waals surface area contributed by atoms with Crippen LogP contribution in [0.3, 0.4) is 0 Å². The topological polar surface area (TPSA) is 44.2 Å². The number of methoxy groups -OCH3 is 1. The maximum atomic E-state index is 5.96. The van der Waals surface area contributed by atoms with Crippen LogP contribution in [0, 0.1) is 0 Å². The van der Waals surface area contributed by atoms with Crippen LogP contribution < -0.4 is 9.47 Å². The minimum Gasteiger partial charge on any atom is -0.496 e. The van der Waals surface area contributed by atoms with E-state index in [0.717, 1.165) is 22.6 Å². The largest absolute Gasteiger partial charge is 0.496 e. The van der Waals surface area contributed by atoms with Gasteiger partial charge in [0.05, 0.1) is 7.11 Å². The molecule has 0 bridgehead atoms. The van der Waals surface area contributed by atoms with Gasteiger partial charge in [-0.1, -0.05) is 0 Å². The van der Waals surface area contributed by atoms with Crippen LogP contribution in [-0.2, 0) is 0 Å². The average Bonchev–Trinajstić information content (AvgIpc) is 2.63. The molecule has 5 heteroatoms. The maximum absolute atomic E-state index is 5.96. The van der Waals surface area contributed by atoms with Gasteiger partial charge >= 0.3 is 0 Å². The van der Waals surface area contributed by atoms with Gasteiger partial charge in [-0.05, 0) is 48.7 Å². The minimum atomic E-state index is 0.524. The zero-order chi connectivity index (χ0) is 16.1. The summed E-state index contributed by atoms with van der Waals surface area (Å²) in [5.74, 6) is 2.00. The number of ether oxygens (including phenoxy) is 2. The van der Waals surface area contributed by atoms with Crippen molar-refractivity contribution < 1.29 is 9.47 Å². The standard InChI is InChI=1S/C18H16N2O2S/c1-21-17-9-11-19-12-16(17)15-4-3-10-20-18(15)22-13-5-7-14(23-2)8-6-13/h3-12H,1-2H3. The highest BCUT2D eigenvalue weighted by atomic mass is 32.2. The van der Waals surface area contributed by atoms with E-state index in [1.165, 1.54) is 4.90 Å². The summed E-state index contributed by atoms with van der Waals surface area (Å²) >= 11 is 1.69. The van der Waals surface area contributed by atoms with Crippen molar-refractivity contribution in [2.75, 3.05) is 13.4 Å². The molecule has 0 aliphatic rings. The van der Waals surface area contributed by atoms with Gasteiger partial charge in [-0.15, -0.1) is 11.8 Å². The Balaban J connectivity index is 1.97. The van der Waals surface area contributed by atoms with Crippen LogP contribution in [0.1, 0.15) is 0 Å². The maximum Gasteiger partial charge on any atom is 0.227 e. The highest BCUT2D eigenvalue weighted by Gasteiger charge is 2.13. The van der Waals surface area contributed by atoms with E-state index in [1.807, 2.05) is 48.7 Å². The van der Waals surface area contributed by atoms with Crippen molar-refractivity contribution in [1.29, 1.82) is 0 Å². The zero-order valence-corrected chi connectivity index (χ0v) is 13.7. The van der Waals surface area contributed by atoms with Crippen LogP contribution in [0.15, 0.2) is 66.0 Å². The summed E-state index contributed by atoms with van der Waals surface area (Å²) in [5.41, 5.74) is 1.69. The predicted molar refractivity (Wildman–Crippen MR) is 92.3 cm³/mol. The lowest BCUT2D eigenvalue weighted by Crippen LogP contribution is -1.94. The normalized spacial score (nSPS) is 10.3. The molecule has 1 aromatic carbocycles. The summed E-state index contributed by atoms with van der Waals surface area (Å²) in [7, 11) is 1.64. The van der Waals surface area contributed by atoms with E-state index in [0.29, 0.717) is 5.88 Å². The van der Waals surface area contributed by atoms with E-state index in [2.05, 4.69) is 9.97 Å². The molecule has 2 aromatic heterocycles. The quantitative estimate of drug-likeness (QED) is 0.638. The summed E-state index contributed by atoms with van der Waals surface area (Å²) in [6, 6.07) is 13.5. The Morgan fingerprint density at radius 3 is 2.52 bits per heavy atom. The first kappa shape index (κ1) is 15.4. The third kappa shape index (κ3) is 3.46. The molecule has 2 heterocycles. The van der Waals surface area contributed by atoms with Crippen molar-refractivity contribution >= 4 is 11.8 Å². The second-order valence-electron chi connectivity index (χ2n) is 4.71. The van der Waals surface area contributed by atoms with E-state index in [-0.39, 0.29) is 0 Å². The Morgan fingerprint density at radius 2 is 1.78 bits per heavy atom. The first-order valence-electron chi connectivity index (χ1n) is 7.07. The van der Waals surface area contributed by atoms with Crippen LogP contribution in [0.5, 0.6) is 17.4 Å². The third-order valence-corrected chi connectivity index (χ3v) is 4.08. The number of hydrogen-bond acceptors (Lipinski definition) is 5. The minimum absolute atomic E-state index is 0.524. The van der Waals surface area contributed by atoms with Crippen LogP contribution in [0.25, 0.3) is 11.1 Å². The number of thioether (sulfide) groups is 1. The van der Waals surface area contributed by atoms with Crippen LogP contribution in [0.4, 0.5) is 0 Å². The zero-order valence-electron chi connectivity index (χ0n) is 12.9. The molecule has 0 saturated carbocycles. The van der Waals surface area contributed by atoms with Crippen molar-refractivity contribution in [1.82, 2.24) is 9.97 Å². The molecule has 0 amide bonds. The number of pyridine rings is 2. The Hall–Kier alpha value is -2.53. The van der Waals surface area contributed by atoms with Gasteiger partial charge in [-0.2, -0.15) is 0 Å². The number of aromatic nitrogens is 2. The van der Waals surface area contributed by atoms with E-state index >= 15 is 0 Å². The molecule has 3 rings (SSSR count). The van der Waals surface area contributed by atoms with E-state index < -0.39 is 0 Å². The van der Waals surface area contributed by atoms with Crippen molar-refractivity contribution in [3.8, 4) is 28.5 Å². The molecule has 3 aromatic rings. The smallest absolute Gasteiger partial charge is 0.227 e. The third-order valence-electron chi connectivity index (χ3n) is 3.34. The summed E-state index contributed by atoms with van der Waals surface area (Å²) in [5, 5.41) is 0. The molecule has 23 heavy (non-hydrogen) atoms. The van der Waals surface area contributed by atoms with Crippen molar-refractivity contribution in [2.24, 2.45) is 0 Å². The molecule has 0 N–H and O–H groups in total. The fourth-order valence-corrected chi connectivity index (χ4v) is 2.60. The van der Waals surface area contributed by atoms with Crippen LogP contribution >= 0.6 is 11.8 Å².